The van der Waals surface area contributed by atoms with Gasteiger partial charge in [-0.1, -0.05) is 0 Å². The second kappa shape index (κ2) is 6.50. The first-order chi connectivity index (χ1) is 9.27. The molecule has 0 aliphatic heterocycles. The number of carboxylic acids is 2. The largest absolute Gasteiger partial charge is 0.481 e. The summed E-state index contributed by atoms with van der Waals surface area (Å²) in [4.78, 5) is 32.8. The van der Waals surface area contributed by atoms with Crippen LogP contribution in [0.2, 0.25) is 0 Å². The predicted molar refractivity (Wildman–Crippen MR) is 67.0 cm³/mol. The summed E-state index contributed by atoms with van der Waals surface area (Å²) < 4.78 is 13.1. The summed E-state index contributed by atoms with van der Waals surface area (Å²) in [5, 5.41) is 21.5. The molecule has 0 saturated carbocycles. The lowest BCUT2D eigenvalue weighted by Gasteiger charge is -2.13. The van der Waals surface area contributed by atoms with Crippen LogP contribution in [0, 0.1) is 12.7 Å². The van der Waals surface area contributed by atoms with Crippen LogP contribution >= 0.6 is 0 Å². The average Bonchev–Trinajstić information content (AvgIpc) is 2.25. The van der Waals surface area contributed by atoms with E-state index in [9.17, 15) is 18.8 Å². The van der Waals surface area contributed by atoms with Gasteiger partial charge in [-0.05, 0) is 30.7 Å². The van der Waals surface area contributed by atoms with E-state index in [1.54, 1.807) is 6.92 Å². The second-order valence-corrected chi connectivity index (χ2v) is 4.10. The second-order valence-electron chi connectivity index (χ2n) is 4.10. The topological polar surface area (TPSA) is 116 Å². The van der Waals surface area contributed by atoms with Gasteiger partial charge in [-0.25, -0.2) is 14.0 Å². The molecule has 7 nitrogen and oxygen atoms in total. The van der Waals surface area contributed by atoms with Gasteiger partial charge < -0.3 is 20.8 Å². The molecule has 8 heteroatoms. The highest BCUT2D eigenvalue weighted by atomic mass is 19.1. The van der Waals surface area contributed by atoms with Crippen LogP contribution in [-0.4, -0.2) is 34.2 Å². The normalized spacial score (nSPS) is 11.5. The third-order valence-corrected chi connectivity index (χ3v) is 2.28. The first-order valence-corrected chi connectivity index (χ1v) is 5.57. The monoisotopic (exact) mass is 284 g/mol. The maximum absolute atomic E-state index is 13.1. The molecule has 1 rings (SSSR count). The van der Waals surface area contributed by atoms with Crippen molar-refractivity contribution in [1.29, 1.82) is 0 Å². The van der Waals surface area contributed by atoms with Gasteiger partial charge in [0, 0.05) is 5.69 Å². The van der Waals surface area contributed by atoms with Crippen molar-refractivity contribution in [2.24, 2.45) is 0 Å². The van der Waals surface area contributed by atoms with Crippen LogP contribution in [0.25, 0.3) is 0 Å². The summed E-state index contributed by atoms with van der Waals surface area (Å²) in [5.74, 6) is -3.39. The predicted octanol–water partition coefficient (Wildman–Crippen LogP) is 1.18. The molecule has 0 radical (unpaired) electrons. The minimum Gasteiger partial charge on any atom is -0.481 e. The molecule has 0 bridgehead atoms. The molecule has 0 heterocycles. The zero-order chi connectivity index (χ0) is 15.3. The minimum atomic E-state index is -1.57. The molecule has 1 aromatic rings. The fourth-order valence-corrected chi connectivity index (χ4v) is 1.51. The Morgan fingerprint density at radius 1 is 1.25 bits per heavy atom. The zero-order valence-corrected chi connectivity index (χ0v) is 10.5. The third-order valence-electron chi connectivity index (χ3n) is 2.28. The summed E-state index contributed by atoms with van der Waals surface area (Å²) in [7, 11) is 0. The van der Waals surface area contributed by atoms with E-state index in [4.69, 9.17) is 10.2 Å². The van der Waals surface area contributed by atoms with E-state index in [2.05, 4.69) is 5.32 Å². The number of carbonyl (C=O) groups is 3. The number of nitrogens with one attached hydrogen (secondary N) is 2. The molecule has 1 aromatic carbocycles. The SMILES string of the molecule is Cc1cc(F)cc(NC(=O)N[C@@H](CC(=O)O)C(=O)O)c1. The van der Waals surface area contributed by atoms with Crippen molar-refractivity contribution in [1.82, 2.24) is 5.32 Å². The molecule has 0 unspecified atom stereocenters. The molecule has 0 spiro atoms. The fourth-order valence-electron chi connectivity index (χ4n) is 1.51. The van der Waals surface area contributed by atoms with E-state index in [1.807, 2.05) is 5.32 Å². The van der Waals surface area contributed by atoms with Crippen molar-refractivity contribution in [2.75, 3.05) is 5.32 Å². The number of aryl methyl sites for hydroxylation is 1. The van der Waals surface area contributed by atoms with Gasteiger partial charge in [-0.2, -0.15) is 0 Å². The summed E-state index contributed by atoms with van der Waals surface area (Å²) in [5.41, 5.74) is 0.708. The number of anilines is 1. The Hall–Kier alpha value is -2.64. The molecule has 108 valence electrons. The van der Waals surface area contributed by atoms with Crippen LogP contribution in [0.1, 0.15) is 12.0 Å². The highest BCUT2D eigenvalue weighted by molar-refractivity contribution is 5.93. The van der Waals surface area contributed by atoms with Crippen molar-refractivity contribution >= 4 is 23.7 Å². The molecule has 4 N–H and O–H groups in total. The minimum absolute atomic E-state index is 0.138. The molecule has 0 fully saturated rings. The Balaban J connectivity index is 2.70. The number of halogens is 1. The van der Waals surface area contributed by atoms with Gasteiger partial charge in [-0.3, -0.25) is 4.79 Å². The van der Waals surface area contributed by atoms with Crippen molar-refractivity contribution in [3.8, 4) is 0 Å². The van der Waals surface area contributed by atoms with E-state index in [0.29, 0.717) is 5.56 Å². The maximum Gasteiger partial charge on any atom is 0.326 e. The highest BCUT2D eigenvalue weighted by Crippen LogP contribution is 2.13. The Bertz CT molecular complexity index is 526. The van der Waals surface area contributed by atoms with Crippen LogP contribution in [-0.2, 0) is 9.59 Å². The van der Waals surface area contributed by atoms with Gasteiger partial charge in [0.25, 0.3) is 0 Å². The van der Waals surface area contributed by atoms with E-state index >= 15 is 0 Å². The maximum atomic E-state index is 13.1. The van der Waals surface area contributed by atoms with Crippen LogP contribution in [0.4, 0.5) is 14.9 Å². The first kappa shape index (κ1) is 15.4. The average molecular weight is 284 g/mol. The Morgan fingerprint density at radius 3 is 2.40 bits per heavy atom. The lowest BCUT2D eigenvalue weighted by Crippen LogP contribution is -2.44. The molecule has 0 aromatic heterocycles. The number of benzene rings is 1. The number of carbonyl (C=O) groups excluding carboxylic acids is 1. The Morgan fingerprint density at radius 2 is 1.90 bits per heavy atom. The number of carboxylic acid groups (broad SMARTS) is 2. The summed E-state index contributed by atoms with van der Waals surface area (Å²) in [6.07, 6.45) is -0.759. The molecule has 2 amide bonds. The van der Waals surface area contributed by atoms with Crippen LogP contribution in [0.5, 0.6) is 0 Å². The Labute approximate surface area is 113 Å². The van der Waals surface area contributed by atoms with Crippen molar-refractivity contribution in [3.63, 3.8) is 0 Å². The lowest BCUT2D eigenvalue weighted by atomic mass is 10.2. The quantitative estimate of drug-likeness (QED) is 0.648. The number of hydrogen-bond donors (Lipinski definition) is 4. The first-order valence-electron chi connectivity index (χ1n) is 5.57. The third kappa shape index (κ3) is 4.92. The molecule has 0 aliphatic carbocycles. The van der Waals surface area contributed by atoms with E-state index in [1.165, 1.54) is 12.1 Å². The van der Waals surface area contributed by atoms with Crippen molar-refractivity contribution in [2.45, 2.75) is 19.4 Å². The fraction of sp³-hybridized carbons (Fsp3) is 0.250. The lowest BCUT2D eigenvalue weighted by molar-refractivity contribution is -0.145. The number of amides is 2. The molecule has 20 heavy (non-hydrogen) atoms. The summed E-state index contributed by atoms with van der Waals surface area (Å²) in [6, 6.07) is 1.30. The van der Waals surface area contributed by atoms with Gasteiger partial charge in [0.15, 0.2) is 0 Å². The number of hydrogen-bond acceptors (Lipinski definition) is 3. The van der Waals surface area contributed by atoms with Crippen molar-refractivity contribution < 1.29 is 29.0 Å². The standard InChI is InChI=1S/C12H13FN2O5/c1-6-2-7(13)4-8(3-6)14-12(20)15-9(11(18)19)5-10(16)17/h2-4,9H,5H2,1H3,(H,16,17)(H,18,19)(H2,14,15,20)/t9-/m0/s1. The summed E-state index contributed by atoms with van der Waals surface area (Å²) in [6.45, 7) is 1.62. The molecule has 0 saturated heterocycles. The van der Waals surface area contributed by atoms with Gasteiger partial charge in [0.2, 0.25) is 0 Å². The van der Waals surface area contributed by atoms with E-state index in [-0.39, 0.29) is 5.69 Å². The van der Waals surface area contributed by atoms with E-state index in [0.717, 1.165) is 6.07 Å². The van der Waals surface area contributed by atoms with Gasteiger partial charge in [0.05, 0.1) is 6.42 Å². The molecular weight excluding hydrogens is 271 g/mol. The van der Waals surface area contributed by atoms with Gasteiger partial charge >= 0.3 is 18.0 Å². The molecular formula is C12H13FN2O5. The molecule has 0 aliphatic rings. The van der Waals surface area contributed by atoms with Gasteiger partial charge in [-0.15, -0.1) is 0 Å². The zero-order valence-electron chi connectivity index (χ0n) is 10.5. The van der Waals surface area contributed by atoms with E-state index < -0.39 is 36.2 Å². The number of rotatable bonds is 5. The van der Waals surface area contributed by atoms with Crippen LogP contribution < -0.4 is 10.6 Å². The number of urea groups is 1. The van der Waals surface area contributed by atoms with Crippen molar-refractivity contribution in [3.05, 3.63) is 29.6 Å². The highest BCUT2D eigenvalue weighted by Gasteiger charge is 2.23. The summed E-state index contributed by atoms with van der Waals surface area (Å²) >= 11 is 0. The smallest absolute Gasteiger partial charge is 0.326 e. The Kier molecular flexibility index (Phi) is 5.01. The van der Waals surface area contributed by atoms with Gasteiger partial charge in [0.1, 0.15) is 11.9 Å². The molecule has 1 atom stereocenters. The van der Waals surface area contributed by atoms with Crippen LogP contribution in [0.3, 0.4) is 0 Å². The number of aliphatic carboxylic acids is 2. The van der Waals surface area contributed by atoms with Crippen LogP contribution in [0.15, 0.2) is 18.2 Å².